The zero-order valence-electron chi connectivity index (χ0n) is 9.13. The summed E-state index contributed by atoms with van der Waals surface area (Å²) in [6.07, 6.45) is 0. The summed E-state index contributed by atoms with van der Waals surface area (Å²) in [5.74, 6) is -0.682. The zero-order valence-corrected chi connectivity index (χ0v) is 11.5. The molecular formula is C11H7BrClFN2O2. The molecule has 1 N–H and O–H groups in total. The molecule has 94 valence electrons. The molecule has 0 fully saturated rings. The highest BCUT2D eigenvalue weighted by Gasteiger charge is 2.14. The monoisotopic (exact) mass is 332 g/mol. The molecule has 4 nitrogen and oxygen atoms in total. The number of benzene rings is 1. The van der Waals surface area contributed by atoms with E-state index in [1.165, 1.54) is 25.1 Å². The minimum absolute atomic E-state index is 0.0428. The van der Waals surface area contributed by atoms with Gasteiger partial charge in [-0.15, -0.1) is 0 Å². The van der Waals surface area contributed by atoms with Crippen molar-refractivity contribution in [2.24, 2.45) is 0 Å². The predicted octanol–water partition coefficient (Wildman–Crippen LogP) is 2.39. The fourth-order valence-electron chi connectivity index (χ4n) is 1.48. The van der Waals surface area contributed by atoms with Crippen molar-refractivity contribution >= 4 is 27.5 Å². The van der Waals surface area contributed by atoms with Crippen molar-refractivity contribution < 1.29 is 4.39 Å². The number of aromatic nitrogens is 2. The van der Waals surface area contributed by atoms with Gasteiger partial charge in [0.05, 0.1) is 11.3 Å². The van der Waals surface area contributed by atoms with Gasteiger partial charge in [-0.05, 0) is 25.1 Å². The molecule has 0 saturated carbocycles. The molecule has 1 heterocycles. The van der Waals surface area contributed by atoms with Gasteiger partial charge in [-0.2, -0.15) is 0 Å². The van der Waals surface area contributed by atoms with Crippen molar-refractivity contribution in [3.8, 4) is 5.69 Å². The van der Waals surface area contributed by atoms with Gasteiger partial charge < -0.3 is 0 Å². The van der Waals surface area contributed by atoms with E-state index in [1.807, 2.05) is 0 Å². The second-order valence-corrected chi connectivity index (χ2v) is 4.90. The first kappa shape index (κ1) is 13.0. The topological polar surface area (TPSA) is 54.9 Å². The summed E-state index contributed by atoms with van der Waals surface area (Å²) in [4.78, 5) is 25.9. The summed E-state index contributed by atoms with van der Waals surface area (Å²) < 4.78 is 15.0. The average molecular weight is 334 g/mol. The number of aromatic amines is 1. The maximum Gasteiger partial charge on any atom is 0.334 e. The molecule has 0 spiro atoms. The molecule has 2 aromatic rings. The summed E-state index contributed by atoms with van der Waals surface area (Å²) in [5, 5.41) is -0.0428. The highest BCUT2D eigenvalue weighted by molar-refractivity contribution is 9.10. The largest absolute Gasteiger partial charge is 0.334 e. The number of rotatable bonds is 1. The Kier molecular flexibility index (Phi) is 3.41. The third kappa shape index (κ3) is 2.13. The van der Waals surface area contributed by atoms with Crippen LogP contribution in [0.15, 0.2) is 32.3 Å². The minimum Gasteiger partial charge on any atom is -0.297 e. The fourth-order valence-corrected chi connectivity index (χ4v) is 1.97. The SMILES string of the molecule is Cc1c(Cl)[nH]c(=O)n(-c2ccc(Br)cc2F)c1=O. The molecule has 7 heteroatoms. The van der Waals surface area contributed by atoms with Crippen LogP contribution in [-0.2, 0) is 0 Å². The molecule has 0 unspecified atom stereocenters. The maximum absolute atomic E-state index is 13.8. The zero-order chi connectivity index (χ0) is 13.4. The molecule has 0 radical (unpaired) electrons. The third-order valence-corrected chi connectivity index (χ3v) is 3.29. The first-order valence-electron chi connectivity index (χ1n) is 4.88. The Bertz CT molecular complexity index is 739. The summed E-state index contributed by atoms with van der Waals surface area (Å²) in [5.41, 5.74) is -1.40. The van der Waals surface area contributed by atoms with Gasteiger partial charge in [-0.25, -0.2) is 13.8 Å². The van der Waals surface area contributed by atoms with Gasteiger partial charge in [0, 0.05) is 4.47 Å². The van der Waals surface area contributed by atoms with E-state index in [2.05, 4.69) is 20.9 Å². The summed E-state index contributed by atoms with van der Waals surface area (Å²) in [6.45, 7) is 1.45. The van der Waals surface area contributed by atoms with Crippen LogP contribution in [0, 0.1) is 12.7 Å². The van der Waals surface area contributed by atoms with Crippen LogP contribution >= 0.6 is 27.5 Å². The Labute approximate surface area is 114 Å². The van der Waals surface area contributed by atoms with Crippen LogP contribution in [0.25, 0.3) is 5.69 Å². The quantitative estimate of drug-likeness (QED) is 0.815. The summed E-state index contributed by atoms with van der Waals surface area (Å²) in [6, 6.07) is 4.04. The van der Waals surface area contributed by atoms with Crippen LogP contribution in [-0.4, -0.2) is 9.55 Å². The van der Waals surface area contributed by atoms with E-state index in [1.54, 1.807) is 0 Å². The van der Waals surface area contributed by atoms with E-state index >= 15 is 0 Å². The van der Waals surface area contributed by atoms with E-state index in [-0.39, 0.29) is 16.4 Å². The third-order valence-electron chi connectivity index (χ3n) is 2.42. The van der Waals surface area contributed by atoms with Gasteiger partial charge in [-0.1, -0.05) is 27.5 Å². The van der Waals surface area contributed by atoms with Gasteiger partial charge in [0.15, 0.2) is 0 Å². The van der Waals surface area contributed by atoms with E-state index in [9.17, 15) is 14.0 Å². The van der Waals surface area contributed by atoms with Crippen molar-refractivity contribution in [1.29, 1.82) is 0 Å². The van der Waals surface area contributed by atoms with Crippen LogP contribution in [0.4, 0.5) is 4.39 Å². The molecule has 0 aliphatic carbocycles. The second kappa shape index (κ2) is 4.70. The van der Waals surface area contributed by atoms with Gasteiger partial charge >= 0.3 is 5.69 Å². The number of hydrogen-bond acceptors (Lipinski definition) is 2. The lowest BCUT2D eigenvalue weighted by atomic mass is 10.3. The molecule has 0 saturated heterocycles. The van der Waals surface area contributed by atoms with Crippen LogP contribution in [0.1, 0.15) is 5.56 Å². The van der Waals surface area contributed by atoms with Crippen LogP contribution < -0.4 is 11.2 Å². The molecule has 0 aliphatic rings. The number of H-pyrrole nitrogens is 1. The lowest BCUT2D eigenvalue weighted by Crippen LogP contribution is -2.35. The van der Waals surface area contributed by atoms with Crippen molar-refractivity contribution in [3.05, 3.63) is 60.0 Å². The van der Waals surface area contributed by atoms with E-state index in [4.69, 9.17) is 11.6 Å². The Hall–Kier alpha value is -1.40. The molecule has 1 aromatic heterocycles. The number of hydrogen-bond donors (Lipinski definition) is 1. The molecule has 0 bridgehead atoms. The van der Waals surface area contributed by atoms with E-state index in [0.29, 0.717) is 9.04 Å². The predicted molar refractivity (Wildman–Crippen MR) is 70.1 cm³/mol. The average Bonchev–Trinajstić information content (AvgIpc) is 2.29. The Morgan fingerprint density at radius 1 is 1.39 bits per heavy atom. The van der Waals surface area contributed by atoms with Crippen LogP contribution in [0.5, 0.6) is 0 Å². The lowest BCUT2D eigenvalue weighted by Gasteiger charge is -2.07. The lowest BCUT2D eigenvalue weighted by molar-refractivity contribution is 0.611. The van der Waals surface area contributed by atoms with E-state index in [0.717, 1.165) is 0 Å². The van der Waals surface area contributed by atoms with E-state index < -0.39 is 17.1 Å². The molecule has 2 rings (SSSR count). The standard InChI is InChI=1S/C11H7BrClFN2O2/c1-5-9(13)15-11(18)16(10(5)17)8-3-2-6(12)4-7(8)14/h2-4H,1H3,(H,15,18). The van der Waals surface area contributed by atoms with Crippen molar-refractivity contribution in [1.82, 2.24) is 9.55 Å². The smallest absolute Gasteiger partial charge is 0.297 e. The highest BCUT2D eigenvalue weighted by atomic mass is 79.9. The molecule has 0 amide bonds. The molecule has 0 aliphatic heterocycles. The first-order valence-corrected chi connectivity index (χ1v) is 6.06. The van der Waals surface area contributed by atoms with Gasteiger partial charge in [0.25, 0.3) is 5.56 Å². The molecule has 0 atom stereocenters. The van der Waals surface area contributed by atoms with Crippen molar-refractivity contribution in [3.63, 3.8) is 0 Å². The summed E-state index contributed by atoms with van der Waals surface area (Å²) >= 11 is 8.77. The Morgan fingerprint density at radius 2 is 2.06 bits per heavy atom. The molecule has 1 aromatic carbocycles. The molecule has 18 heavy (non-hydrogen) atoms. The second-order valence-electron chi connectivity index (χ2n) is 3.61. The van der Waals surface area contributed by atoms with Crippen molar-refractivity contribution in [2.45, 2.75) is 6.92 Å². The van der Waals surface area contributed by atoms with Gasteiger partial charge in [0.2, 0.25) is 0 Å². The van der Waals surface area contributed by atoms with Crippen molar-refractivity contribution in [2.75, 3.05) is 0 Å². The highest BCUT2D eigenvalue weighted by Crippen LogP contribution is 2.17. The number of halogens is 3. The number of nitrogens with zero attached hydrogens (tertiary/aromatic N) is 1. The normalized spacial score (nSPS) is 10.7. The fraction of sp³-hybridized carbons (Fsp3) is 0.0909. The summed E-state index contributed by atoms with van der Waals surface area (Å²) in [7, 11) is 0. The van der Waals surface area contributed by atoms with Gasteiger partial charge in [0.1, 0.15) is 11.0 Å². The Balaban J connectivity index is 2.84. The number of nitrogens with one attached hydrogen (secondary N) is 1. The van der Waals surface area contributed by atoms with Crippen LogP contribution in [0.2, 0.25) is 5.15 Å². The van der Waals surface area contributed by atoms with Gasteiger partial charge in [-0.3, -0.25) is 9.78 Å². The van der Waals surface area contributed by atoms with Crippen LogP contribution in [0.3, 0.4) is 0 Å². The Morgan fingerprint density at radius 3 is 2.67 bits per heavy atom. The molecular weight excluding hydrogens is 326 g/mol. The first-order chi connectivity index (χ1) is 8.41. The minimum atomic E-state index is -0.781. The maximum atomic E-state index is 13.8.